The maximum atomic E-state index is 12.0. The Hall–Kier alpha value is -0.620. The highest BCUT2D eigenvalue weighted by atomic mass is 19.4. The Kier molecular flexibility index (Phi) is 4.10. The van der Waals surface area contributed by atoms with Crippen molar-refractivity contribution in [1.82, 2.24) is 9.80 Å². The molecule has 1 rings (SSSR count). The molecule has 0 aromatic carbocycles. The van der Waals surface area contributed by atoms with Crippen LogP contribution in [0.3, 0.4) is 0 Å². The molecule has 1 saturated heterocycles. The number of Topliss-reactive ketones (excluding diaryl/α,β-unsaturated/α-hetero) is 1. The fourth-order valence-electron chi connectivity index (χ4n) is 1.67. The summed E-state index contributed by atoms with van der Waals surface area (Å²) >= 11 is 0. The van der Waals surface area contributed by atoms with Crippen molar-refractivity contribution < 1.29 is 18.0 Å². The minimum atomic E-state index is -4.12. The lowest BCUT2D eigenvalue weighted by Gasteiger charge is -2.34. The zero-order chi connectivity index (χ0) is 11.5. The van der Waals surface area contributed by atoms with Crippen molar-refractivity contribution in [2.45, 2.75) is 13.1 Å². The van der Waals surface area contributed by atoms with E-state index < -0.39 is 12.7 Å². The molecular weight excluding hydrogens is 209 g/mol. The third kappa shape index (κ3) is 5.13. The number of hydrogen-bond donors (Lipinski definition) is 0. The number of carbonyl (C=O) groups excluding carboxylic acids is 1. The SMILES string of the molecule is CC(=O)CN1CCN(CC(F)(F)F)CC1. The van der Waals surface area contributed by atoms with E-state index in [9.17, 15) is 18.0 Å². The van der Waals surface area contributed by atoms with Gasteiger partial charge in [0.15, 0.2) is 0 Å². The number of halogens is 3. The highest BCUT2D eigenvalue weighted by Gasteiger charge is 2.32. The van der Waals surface area contributed by atoms with Crippen LogP contribution in [0.5, 0.6) is 0 Å². The molecule has 0 aromatic rings. The summed E-state index contributed by atoms with van der Waals surface area (Å²) in [5.74, 6) is 0.0549. The third-order valence-corrected chi connectivity index (χ3v) is 2.31. The van der Waals surface area contributed by atoms with Crippen LogP contribution in [0.2, 0.25) is 0 Å². The molecule has 1 aliphatic rings. The fourth-order valence-corrected chi connectivity index (χ4v) is 1.67. The highest BCUT2D eigenvalue weighted by Crippen LogP contribution is 2.17. The Morgan fingerprint density at radius 2 is 1.60 bits per heavy atom. The van der Waals surface area contributed by atoms with Gasteiger partial charge >= 0.3 is 6.18 Å². The Morgan fingerprint density at radius 1 is 1.13 bits per heavy atom. The van der Waals surface area contributed by atoms with E-state index in [0.29, 0.717) is 32.7 Å². The summed E-state index contributed by atoms with van der Waals surface area (Å²) in [6.45, 7) is 2.83. The Labute approximate surface area is 86.8 Å². The molecule has 0 saturated carbocycles. The van der Waals surface area contributed by atoms with Gasteiger partial charge in [0.1, 0.15) is 5.78 Å². The number of piperazine rings is 1. The number of nitrogens with zero attached hydrogens (tertiary/aromatic N) is 2. The molecule has 1 aliphatic heterocycles. The molecule has 0 atom stereocenters. The molecule has 0 N–H and O–H groups in total. The normalized spacial score (nSPS) is 20.5. The molecule has 1 heterocycles. The average Bonchev–Trinajstić information content (AvgIpc) is 2.05. The van der Waals surface area contributed by atoms with E-state index in [-0.39, 0.29) is 5.78 Å². The van der Waals surface area contributed by atoms with E-state index in [2.05, 4.69) is 0 Å². The van der Waals surface area contributed by atoms with Gasteiger partial charge in [-0.3, -0.25) is 14.6 Å². The molecule has 0 amide bonds. The fraction of sp³-hybridized carbons (Fsp3) is 0.889. The molecule has 15 heavy (non-hydrogen) atoms. The van der Waals surface area contributed by atoms with Crippen LogP contribution in [0.15, 0.2) is 0 Å². The molecule has 1 fully saturated rings. The quantitative estimate of drug-likeness (QED) is 0.707. The summed E-state index contributed by atoms with van der Waals surface area (Å²) in [4.78, 5) is 14.0. The number of carbonyl (C=O) groups is 1. The number of hydrogen-bond acceptors (Lipinski definition) is 3. The zero-order valence-corrected chi connectivity index (χ0v) is 8.68. The summed E-state index contributed by atoms with van der Waals surface area (Å²) in [6.07, 6.45) is -4.12. The van der Waals surface area contributed by atoms with Crippen LogP contribution >= 0.6 is 0 Å². The van der Waals surface area contributed by atoms with Crippen LogP contribution in [-0.4, -0.2) is 61.0 Å². The average molecular weight is 224 g/mol. The van der Waals surface area contributed by atoms with Crippen LogP contribution < -0.4 is 0 Å². The van der Waals surface area contributed by atoms with Gasteiger partial charge in [0.05, 0.1) is 13.1 Å². The summed E-state index contributed by atoms with van der Waals surface area (Å²) in [7, 11) is 0. The van der Waals surface area contributed by atoms with E-state index >= 15 is 0 Å². The molecular formula is C9H15F3N2O. The van der Waals surface area contributed by atoms with E-state index in [0.717, 1.165) is 0 Å². The maximum Gasteiger partial charge on any atom is 0.401 e. The van der Waals surface area contributed by atoms with Gasteiger partial charge in [-0.15, -0.1) is 0 Å². The number of rotatable bonds is 3. The first-order valence-electron chi connectivity index (χ1n) is 4.88. The van der Waals surface area contributed by atoms with Crippen molar-refractivity contribution in [3.8, 4) is 0 Å². The van der Waals surface area contributed by atoms with Gasteiger partial charge in [-0.25, -0.2) is 0 Å². The second kappa shape index (κ2) is 4.94. The van der Waals surface area contributed by atoms with Crippen molar-refractivity contribution >= 4 is 5.78 Å². The molecule has 0 unspecified atom stereocenters. The molecule has 0 aromatic heterocycles. The van der Waals surface area contributed by atoms with E-state index in [1.165, 1.54) is 11.8 Å². The minimum absolute atomic E-state index is 0.0549. The highest BCUT2D eigenvalue weighted by molar-refractivity contribution is 5.77. The van der Waals surface area contributed by atoms with Crippen LogP contribution in [0, 0.1) is 0 Å². The van der Waals surface area contributed by atoms with Crippen molar-refractivity contribution in [1.29, 1.82) is 0 Å². The predicted octanol–water partition coefficient (Wildman–Crippen LogP) is 0.755. The molecule has 0 radical (unpaired) electrons. The van der Waals surface area contributed by atoms with Gasteiger partial charge in [-0.2, -0.15) is 13.2 Å². The van der Waals surface area contributed by atoms with Crippen molar-refractivity contribution in [2.75, 3.05) is 39.3 Å². The lowest BCUT2D eigenvalue weighted by Crippen LogP contribution is -2.50. The Morgan fingerprint density at radius 3 is 2.00 bits per heavy atom. The topological polar surface area (TPSA) is 23.6 Å². The van der Waals surface area contributed by atoms with Gasteiger partial charge < -0.3 is 0 Å². The zero-order valence-electron chi connectivity index (χ0n) is 8.68. The van der Waals surface area contributed by atoms with E-state index in [1.54, 1.807) is 0 Å². The van der Waals surface area contributed by atoms with Crippen LogP contribution in [-0.2, 0) is 4.79 Å². The lowest BCUT2D eigenvalue weighted by atomic mass is 10.3. The Balaban J connectivity index is 2.27. The van der Waals surface area contributed by atoms with E-state index in [4.69, 9.17) is 0 Å². The molecule has 0 aliphatic carbocycles. The standard InChI is InChI=1S/C9H15F3N2O/c1-8(15)6-13-2-4-14(5-3-13)7-9(10,11)12/h2-7H2,1H3. The third-order valence-electron chi connectivity index (χ3n) is 2.31. The first-order chi connectivity index (χ1) is 6.87. The van der Waals surface area contributed by atoms with Crippen molar-refractivity contribution in [3.63, 3.8) is 0 Å². The minimum Gasteiger partial charge on any atom is -0.299 e. The van der Waals surface area contributed by atoms with Gasteiger partial charge in [-0.05, 0) is 6.92 Å². The van der Waals surface area contributed by atoms with Crippen LogP contribution in [0.25, 0.3) is 0 Å². The smallest absolute Gasteiger partial charge is 0.299 e. The van der Waals surface area contributed by atoms with Crippen LogP contribution in [0.1, 0.15) is 6.92 Å². The van der Waals surface area contributed by atoms with Gasteiger partial charge in [0.2, 0.25) is 0 Å². The first-order valence-corrected chi connectivity index (χ1v) is 4.88. The second-order valence-corrected chi connectivity index (χ2v) is 3.87. The molecule has 0 spiro atoms. The van der Waals surface area contributed by atoms with Crippen molar-refractivity contribution in [3.05, 3.63) is 0 Å². The summed E-state index contributed by atoms with van der Waals surface area (Å²) in [6, 6.07) is 0. The molecule has 6 heteroatoms. The summed E-state index contributed by atoms with van der Waals surface area (Å²) < 4.78 is 36.1. The maximum absolute atomic E-state index is 12.0. The van der Waals surface area contributed by atoms with Crippen molar-refractivity contribution in [2.24, 2.45) is 0 Å². The first kappa shape index (κ1) is 12.4. The number of alkyl halides is 3. The van der Waals surface area contributed by atoms with Crippen LogP contribution in [0.4, 0.5) is 13.2 Å². The van der Waals surface area contributed by atoms with Gasteiger partial charge in [0.25, 0.3) is 0 Å². The van der Waals surface area contributed by atoms with E-state index in [1.807, 2.05) is 4.90 Å². The molecule has 88 valence electrons. The largest absolute Gasteiger partial charge is 0.401 e. The number of ketones is 1. The van der Waals surface area contributed by atoms with Gasteiger partial charge in [0, 0.05) is 26.2 Å². The molecule has 3 nitrogen and oxygen atoms in total. The Bertz CT molecular complexity index is 222. The predicted molar refractivity (Wildman–Crippen MR) is 49.6 cm³/mol. The van der Waals surface area contributed by atoms with Gasteiger partial charge in [-0.1, -0.05) is 0 Å². The second-order valence-electron chi connectivity index (χ2n) is 3.87. The summed E-state index contributed by atoms with van der Waals surface area (Å²) in [5, 5.41) is 0. The lowest BCUT2D eigenvalue weighted by molar-refractivity contribution is -0.149. The summed E-state index contributed by atoms with van der Waals surface area (Å²) in [5.41, 5.74) is 0. The molecule has 0 bridgehead atoms. The monoisotopic (exact) mass is 224 g/mol.